The summed E-state index contributed by atoms with van der Waals surface area (Å²) in [4.78, 5) is 28.8. The van der Waals surface area contributed by atoms with Crippen LogP contribution >= 0.6 is 0 Å². The van der Waals surface area contributed by atoms with E-state index in [4.69, 9.17) is 0 Å². The van der Waals surface area contributed by atoms with Gasteiger partial charge in [0.05, 0.1) is 19.6 Å². The van der Waals surface area contributed by atoms with E-state index in [0.717, 1.165) is 62.8 Å². The number of amides is 1. The maximum atomic E-state index is 12.3. The number of aromatic amines is 1. The van der Waals surface area contributed by atoms with Crippen LogP contribution < -0.4 is 10.6 Å². The lowest BCUT2D eigenvalue weighted by atomic mass is 10.1. The Labute approximate surface area is 178 Å². The molecule has 0 aliphatic carbocycles. The number of carbonyl (C=O) groups is 1. The molecule has 30 heavy (non-hydrogen) atoms. The molecule has 1 aliphatic heterocycles. The van der Waals surface area contributed by atoms with Gasteiger partial charge in [0.15, 0.2) is 0 Å². The first kappa shape index (κ1) is 22.0. The average molecular weight is 412 g/mol. The number of nitrogens with zero attached hydrogens (tertiary/aromatic N) is 4. The molecule has 162 valence electrons. The van der Waals surface area contributed by atoms with Gasteiger partial charge in [-0.05, 0) is 51.2 Å². The third-order valence-corrected chi connectivity index (χ3v) is 4.99. The molecule has 2 aromatic rings. The maximum absolute atomic E-state index is 12.3. The standard InChI is InChI=1S/C22H33N7O/c1-28(2)14-4-3-9-27-22(30)19-7-5-18(6-8-19)15-29(16-20-23-10-11-24-20)17-21-25-12-13-26-21/h5-8,10-11H,3-4,9,12-17H2,1-2H3,(H,23,24)(H,25,26)(H,27,30). The van der Waals surface area contributed by atoms with Crippen LogP contribution in [0.15, 0.2) is 41.7 Å². The van der Waals surface area contributed by atoms with Gasteiger partial charge in [-0.15, -0.1) is 0 Å². The molecule has 0 atom stereocenters. The van der Waals surface area contributed by atoms with E-state index in [9.17, 15) is 4.79 Å². The van der Waals surface area contributed by atoms with Gasteiger partial charge in [-0.1, -0.05) is 12.1 Å². The highest BCUT2D eigenvalue weighted by Gasteiger charge is 2.14. The molecule has 0 unspecified atom stereocenters. The van der Waals surface area contributed by atoms with Crippen LogP contribution in [0.4, 0.5) is 0 Å². The number of H-pyrrole nitrogens is 1. The Kier molecular flexibility index (Phi) is 8.41. The number of hydrogen-bond donors (Lipinski definition) is 3. The van der Waals surface area contributed by atoms with Crippen molar-refractivity contribution in [3.8, 4) is 0 Å². The fourth-order valence-corrected chi connectivity index (χ4v) is 3.41. The summed E-state index contributed by atoms with van der Waals surface area (Å²) >= 11 is 0. The number of aromatic nitrogens is 2. The van der Waals surface area contributed by atoms with Crippen LogP contribution in [-0.4, -0.2) is 78.3 Å². The summed E-state index contributed by atoms with van der Waals surface area (Å²) in [7, 11) is 4.13. The Morgan fingerprint density at radius 2 is 1.97 bits per heavy atom. The maximum Gasteiger partial charge on any atom is 0.251 e. The summed E-state index contributed by atoms with van der Waals surface area (Å²) in [5.74, 6) is 1.94. The molecule has 0 saturated carbocycles. The van der Waals surface area contributed by atoms with Crippen molar-refractivity contribution < 1.29 is 4.79 Å². The van der Waals surface area contributed by atoms with Gasteiger partial charge in [0, 0.05) is 37.6 Å². The largest absolute Gasteiger partial charge is 0.371 e. The molecule has 1 aromatic heterocycles. The predicted molar refractivity (Wildman–Crippen MR) is 120 cm³/mol. The minimum Gasteiger partial charge on any atom is -0.371 e. The summed E-state index contributed by atoms with van der Waals surface area (Å²) in [6, 6.07) is 7.86. The number of benzene rings is 1. The number of imidazole rings is 1. The zero-order valence-corrected chi connectivity index (χ0v) is 18.0. The Morgan fingerprint density at radius 1 is 1.13 bits per heavy atom. The molecule has 0 spiro atoms. The van der Waals surface area contributed by atoms with Crippen LogP contribution in [0.3, 0.4) is 0 Å². The number of aliphatic imine (C=N–C) groups is 1. The van der Waals surface area contributed by atoms with Crippen molar-refractivity contribution in [3.05, 3.63) is 53.6 Å². The van der Waals surface area contributed by atoms with Crippen LogP contribution in [-0.2, 0) is 13.1 Å². The normalized spacial score (nSPS) is 13.5. The summed E-state index contributed by atoms with van der Waals surface area (Å²) in [6.45, 7) is 5.71. The molecule has 3 N–H and O–H groups in total. The van der Waals surface area contributed by atoms with E-state index in [1.807, 2.05) is 30.5 Å². The Hall–Kier alpha value is -2.71. The molecule has 2 heterocycles. The number of nitrogens with one attached hydrogen (secondary N) is 3. The second-order valence-electron chi connectivity index (χ2n) is 7.90. The van der Waals surface area contributed by atoms with E-state index in [1.165, 1.54) is 0 Å². The van der Waals surface area contributed by atoms with Crippen LogP contribution in [0.5, 0.6) is 0 Å². The quantitative estimate of drug-likeness (QED) is 0.461. The lowest BCUT2D eigenvalue weighted by Gasteiger charge is -2.21. The number of amidine groups is 1. The van der Waals surface area contributed by atoms with Gasteiger partial charge in [-0.3, -0.25) is 14.7 Å². The fourth-order valence-electron chi connectivity index (χ4n) is 3.41. The highest BCUT2D eigenvalue weighted by molar-refractivity contribution is 5.94. The van der Waals surface area contributed by atoms with Gasteiger partial charge in [-0.25, -0.2) is 4.98 Å². The van der Waals surface area contributed by atoms with E-state index < -0.39 is 0 Å². The summed E-state index contributed by atoms with van der Waals surface area (Å²) in [5.41, 5.74) is 1.86. The topological polar surface area (TPSA) is 88.7 Å². The van der Waals surface area contributed by atoms with E-state index in [0.29, 0.717) is 18.7 Å². The summed E-state index contributed by atoms with van der Waals surface area (Å²) < 4.78 is 0. The molecule has 8 nitrogen and oxygen atoms in total. The second-order valence-corrected chi connectivity index (χ2v) is 7.90. The highest BCUT2D eigenvalue weighted by atomic mass is 16.1. The van der Waals surface area contributed by atoms with Crippen LogP contribution in [0.1, 0.15) is 34.6 Å². The second kappa shape index (κ2) is 11.5. The minimum absolute atomic E-state index is 0.0108. The van der Waals surface area contributed by atoms with Crippen molar-refractivity contribution in [1.82, 2.24) is 30.4 Å². The minimum atomic E-state index is -0.0108. The van der Waals surface area contributed by atoms with Gasteiger partial charge in [0.2, 0.25) is 0 Å². The molecule has 1 amide bonds. The van der Waals surface area contributed by atoms with Crippen molar-refractivity contribution in [1.29, 1.82) is 0 Å². The highest BCUT2D eigenvalue weighted by Crippen LogP contribution is 2.10. The van der Waals surface area contributed by atoms with Crippen molar-refractivity contribution >= 4 is 11.7 Å². The van der Waals surface area contributed by atoms with Crippen molar-refractivity contribution in [2.75, 3.05) is 46.8 Å². The number of unbranched alkanes of at least 4 members (excludes halogenated alkanes) is 1. The van der Waals surface area contributed by atoms with E-state index in [-0.39, 0.29) is 5.91 Å². The molecule has 0 saturated heterocycles. The molecular weight excluding hydrogens is 378 g/mol. The SMILES string of the molecule is CN(C)CCCCNC(=O)c1ccc(CN(CC2=NCCN2)Cc2ncc[nH]2)cc1. The molecule has 1 aliphatic rings. The zero-order chi connectivity index (χ0) is 21.2. The van der Waals surface area contributed by atoms with E-state index >= 15 is 0 Å². The third kappa shape index (κ3) is 7.27. The molecular formula is C22H33N7O. The first-order chi connectivity index (χ1) is 14.6. The monoisotopic (exact) mass is 411 g/mol. The molecule has 3 rings (SSSR count). The molecule has 1 aromatic carbocycles. The van der Waals surface area contributed by atoms with Crippen molar-refractivity contribution in [2.45, 2.75) is 25.9 Å². The first-order valence-corrected chi connectivity index (χ1v) is 10.6. The van der Waals surface area contributed by atoms with Gasteiger partial charge in [0.1, 0.15) is 11.7 Å². The van der Waals surface area contributed by atoms with Crippen LogP contribution in [0, 0.1) is 0 Å². The van der Waals surface area contributed by atoms with Gasteiger partial charge < -0.3 is 20.5 Å². The van der Waals surface area contributed by atoms with E-state index in [2.05, 4.69) is 49.5 Å². The van der Waals surface area contributed by atoms with Crippen LogP contribution in [0.2, 0.25) is 0 Å². The smallest absolute Gasteiger partial charge is 0.251 e. The zero-order valence-electron chi connectivity index (χ0n) is 18.0. The molecule has 0 bridgehead atoms. The predicted octanol–water partition coefficient (Wildman–Crippen LogP) is 1.49. The first-order valence-electron chi connectivity index (χ1n) is 10.6. The molecule has 8 heteroatoms. The van der Waals surface area contributed by atoms with E-state index in [1.54, 1.807) is 6.20 Å². The molecule has 0 radical (unpaired) electrons. The summed E-state index contributed by atoms with van der Waals surface area (Å²) in [5, 5.41) is 6.34. The number of carbonyl (C=O) groups excluding carboxylic acids is 1. The summed E-state index contributed by atoms with van der Waals surface area (Å²) in [6.07, 6.45) is 5.68. The van der Waals surface area contributed by atoms with Gasteiger partial charge >= 0.3 is 0 Å². The average Bonchev–Trinajstić information content (AvgIpc) is 3.42. The lowest BCUT2D eigenvalue weighted by molar-refractivity contribution is 0.0952. The Morgan fingerprint density at radius 3 is 2.63 bits per heavy atom. The Bertz CT molecular complexity index is 799. The fraction of sp³-hybridized carbons (Fsp3) is 0.500. The third-order valence-electron chi connectivity index (χ3n) is 4.99. The van der Waals surface area contributed by atoms with Crippen LogP contribution in [0.25, 0.3) is 0 Å². The lowest BCUT2D eigenvalue weighted by Crippen LogP contribution is -2.34. The molecule has 0 fully saturated rings. The number of rotatable bonds is 12. The van der Waals surface area contributed by atoms with Crippen molar-refractivity contribution in [2.24, 2.45) is 4.99 Å². The number of hydrogen-bond acceptors (Lipinski definition) is 6. The Balaban J connectivity index is 1.51. The van der Waals surface area contributed by atoms with Crippen molar-refractivity contribution in [3.63, 3.8) is 0 Å². The van der Waals surface area contributed by atoms with Gasteiger partial charge in [-0.2, -0.15) is 0 Å². The van der Waals surface area contributed by atoms with Gasteiger partial charge in [0.25, 0.3) is 5.91 Å².